The molecule has 0 atom stereocenters. The molecule has 0 bridgehead atoms. The van der Waals surface area contributed by atoms with Crippen molar-refractivity contribution in [3.63, 3.8) is 0 Å². The SMILES string of the molecule is c1ccc(-c2nnc(-c3c[nH]c4ccccc34)o2)cc1. The first-order valence-corrected chi connectivity index (χ1v) is 6.37. The van der Waals surface area contributed by atoms with Crippen molar-refractivity contribution < 1.29 is 4.42 Å². The first kappa shape index (κ1) is 11.0. The van der Waals surface area contributed by atoms with E-state index in [0.717, 1.165) is 22.0 Å². The van der Waals surface area contributed by atoms with Crippen LogP contribution in [0.4, 0.5) is 0 Å². The Hall–Kier alpha value is -2.88. The molecule has 4 aromatic rings. The lowest BCUT2D eigenvalue weighted by molar-refractivity contribution is 0.585. The highest BCUT2D eigenvalue weighted by molar-refractivity contribution is 5.93. The third kappa shape index (κ3) is 1.70. The highest BCUT2D eigenvalue weighted by Crippen LogP contribution is 2.29. The number of fused-ring (bicyclic) bond motifs is 1. The molecule has 96 valence electrons. The predicted octanol–water partition coefficient (Wildman–Crippen LogP) is 3.88. The van der Waals surface area contributed by atoms with Crippen molar-refractivity contribution in [2.45, 2.75) is 0 Å². The van der Waals surface area contributed by atoms with Gasteiger partial charge >= 0.3 is 0 Å². The third-order valence-corrected chi connectivity index (χ3v) is 3.27. The minimum absolute atomic E-state index is 0.529. The molecule has 0 amide bonds. The molecule has 0 saturated heterocycles. The largest absolute Gasteiger partial charge is 0.416 e. The fourth-order valence-corrected chi connectivity index (χ4v) is 2.28. The summed E-state index contributed by atoms with van der Waals surface area (Å²) in [4.78, 5) is 3.21. The number of hydrogen-bond donors (Lipinski definition) is 1. The molecule has 2 aromatic heterocycles. The number of nitrogens with zero attached hydrogens (tertiary/aromatic N) is 2. The van der Waals surface area contributed by atoms with E-state index in [2.05, 4.69) is 15.2 Å². The molecule has 0 radical (unpaired) electrons. The topological polar surface area (TPSA) is 54.7 Å². The molecule has 0 saturated carbocycles. The van der Waals surface area contributed by atoms with Gasteiger partial charge < -0.3 is 9.40 Å². The van der Waals surface area contributed by atoms with Gasteiger partial charge in [-0.25, -0.2) is 0 Å². The van der Waals surface area contributed by atoms with E-state index in [9.17, 15) is 0 Å². The molecular weight excluding hydrogens is 250 g/mol. The number of aromatic nitrogens is 3. The zero-order chi connectivity index (χ0) is 13.4. The molecule has 2 heterocycles. The number of hydrogen-bond acceptors (Lipinski definition) is 3. The molecule has 0 aliphatic rings. The second-order valence-electron chi connectivity index (χ2n) is 4.53. The summed E-state index contributed by atoms with van der Waals surface area (Å²) in [6, 6.07) is 17.8. The van der Waals surface area contributed by atoms with E-state index in [1.807, 2.05) is 60.8 Å². The third-order valence-electron chi connectivity index (χ3n) is 3.27. The molecule has 0 spiro atoms. The van der Waals surface area contributed by atoms with Gasteiger partial charge in [-0.2, -0.15) is 0 Å². The maximum Gasteiger partial charge on any atom is 0.250 e. The van der Waals surface area contributed by atoms with Crippen LogP contribution in [0.3, 0.4) is 0 Å². The Balaban J connectivity index is 1.82. The first-order chi connectivity index (χ1) is 9.92. The van der Waals surface area contributed by atoms with E-state index >= 15 is 0 Å². The van der Waals surface area contributed by atoms with Gasteiger partial charge in [-0.05, 0) is 18.2 Å². The molecule has 4 rings (SSSR count). The summed E-state index contributed by atoms with van der Waals surface area (Å²) in [5, 5.41) is 9.35. The smallest absolute Gasteiger partial charge is 0.250 e. The van der Waals surface area contributed by atoms with E-state index in [1.165, 1.54) is 0 Å². The Morgan fingerprint density at radius 3 is 2.45 bits per heavy atom. The van der Waals surface area contributed by atoms with Crippen LogP contribution in [0.2, 0.25) is 0 Å². The molecule has 1 N–H and O–H groups in total. The maximum absolute atomic E-state index is 5.78. The number of para-hydroxylation sites is 1. The summed E-state index contributed by atoms with van der Waals surface area (Å²) < 4.78 is 5.78. The molecule has 4 heteroatoms. The van der Waals surface area contributed by atoms with Gasteiger partial charge in [-0.3, -0.25) is 0 Å². The molecule has 0 fully saturated rings. The second kappa shape index (κ2) is 4.35. The number of H-pyrrole nitrogens is 1. The summed E-state index contributed by atoms with van der Waals surface area (Å²) >= 11 is 0. The quantitative estimate of drug-likeness (QED) is 0.595. The van der Waals surface area contributed by atoms with Gasteiger partial charge in [-0.15, -0.1) is 10.2 Å². The van der Waals surface area contributed by atoms with Crippen LogP contribution in [-0.4, -0.2) is 15.2 Å². The van der Waals surface area contributed by atoms with Gasteiger partial charge in [0.2, 0.25) is 11.8 Å². The fraction of sp³-hybridized carbons (Fsp3) is 0. The first-order valence-electron chi connectivity index (χ1n) is 6.37. The van der Waals surface area contributed by atoms with Crippen LogP contribution in [0.1, 0.15) is 0 Å². The lowest BCUT2D eigenvalue weighted by Gasteiger charge is -1.93. The minimum Gasteiger partial charge on any atom is -0.416 e. The lowest BCUT2D eigenvalue weighted by Crippen LogP contribution is -1.75. The minimum atomic E-state index is 0.529. The fourth-order valence-electron chi connectivity index (χ4n) is 2.28. The summed E-state index contributed by atoms with van der Waals surface area (Å²) in [5.41, 5.74) is 2.91. The van der Waals surface area contributed by atoms with Gasteiger partial charge in [0, 0.05) is 22.7 Å². The summed E-state index contributed by atoms with van der Waals surface area (Å²) in [6.07, 6.45) is 1.90. The van der Waals surface area contributed by atoms with Crippen LogP contribution in [0.15, 0.2) is 65.2 Å². The van der Waals surface area contributed by atoms with E-state index in [4.69, 9.17) is 4.42 Å². The number of nitrogens with one attached hydrogen (secondary N) is 1. The van der Waals surface area contributed by atoms with E-state index in [-0.39, 0.29) is 0 Å². The van der Waals surface area contributed by atoms with Crippen molar-refractivity contribution in [2.75, 3.05) is 0 Å². The van der Waals surface area contributed by atoms with Crippen molar-refractivity contribution in [2.24, 2.45) is 0 Å². The van der Waals surface area contributed by atoms with E-state index < -0.39 is 0 Å². The Bertz CT molecular complexity index is 861. The van der Waals surface area contributed by atoms with E-state index in [1.54, 1.807) is 0 Å². The van der Waals surface area contributed by atoms with Crippen molar-refractivity contribution in [3.05, 3.63) is 60.8 Å². The van der Waals surface area contributed by atoms with Crippen LogP contribution in [0, 0.1) is 0 Å². The lowest BCUT2D eigenvalue weighted by atomic mass is 10.2. The van der Waals surface area contributed by atoms with Gasteiger partial charge in [0.25, 0.3) is 0 Å². The Morgan fingerprint density at radius 1 is 0.800 bits per heavy atom. The molecular formula is C16H11N3O. The van der Waals surface area contributed by atoms with Gasteiger partial charge in [0.15, 0.2) is 0 Å². The zero-order valence-corrected chi connectivity index (χ0v) is 10.6. The average Bonchev–Trinajstić information content (AvgIpc) is 3.14. The van der Waals surface area contributed by atoms with E-state index in [0.29, 0.717) is 11.8 Å². The molecule has 2 aromatic carbocycles. The predicted molar refractivity (Wildman–Crippen MR) is 77.0 cm³/mol. The Morgan fingerprint density at radius 2 is 1.55 bits per heavy atom. The Labute approximate surface area is 115 Å². The van der Waals surface area contributed by atoms with Crippen molar-refractivity contribution in [3.8, 4) is 22.9 Å². The zero-order valence-electron chi connectivity index (χ0n) is 10.6. The summed E-state index contributed by atoms with van der Waals surface area (Å²) in [7, 11) is 0. The van der Waals surface area contributed by atoms with Crippen LogP contribution in [-0.2, 0) is 0 Å². The normalized spacial score (nSPS) is 11.0. The second-order valence-corrected chi connectivity index (χ2v) is 4.53. The number of aromatic amines is 1. The van der Waals surface area contributed by atoms with Crippen molar-refractivity contribution in [1.82, 2.24) is 15.2 Å². The highest BCUT2D eigenvalue weighted by Gasteiger charge is 2.13. The van der Waals surface area contributed by atoms with Crippen molar-refractivity contribution >= 4 is 10.9 Å². The van der Waals surface area contributed by atoms with Crippen LogP contribution < -0.4 is 0 Å². The Kier molecular flexibility index (Phi) is 2.39. The molecule has 0 aliphatic carbocycles. The van der Waals surface area contributed by atoms with Gasteiger partial charge in [-0.1, -0.05) is 36.4 Å². The van der Waals surface area contributed by atoms with Crippen LogP contribution in [0.5, 0.6) is 0 Å². The van der Waals surface area contributed by atoms with Crippen molar-refractivity contribution in [1.29, 1.82) is 0 Å². The summed E-state index contributed by atoms with van der Waals surface area (Å²) in [6.45, 7) is 0. The maximum atomic E-state index is 5.78. The number of rotatable bonds is 2. The average molecular weight is 261 g/mol. The van der Waals surface area contributed by atoms with Gasteiger partial charge in [0.05, 0.1) is 5.56 Å². The summed E-state index contributed by atoms with van der Waals surface area (Å²) in [5.74, 6) is 1.06. The molecule has 0 unspecified atom stereocenters. The number of benzene rings is 2. The standard InChI is InChI=1S/C16H11N3O/c1-2-6-11(7-3-1)15-18-19-16(20-15)13-10-17-14-9-5-4-8-12(13)14/h1-10,17H. The molecule has 20 heavy (non-hydrogen) atoms. The highest BCUT2D eigenvalue weighted by atomic mass is 16.4. The molecule has 4 nitrogen and oxygen atoms in total. The van der Waals surface area contributed by atoms with Gasteiger partial charge in [0.1, 0.15) is 0 Å². The van der Waals surface area contributed by atoms with Crippen LogP contribution >= 0.6 is 0 Å². The molecule has 0 aliphatic heterocycles. The van der Waals surface area contributed by atoms with Crippen LogP contribution in [0.25, 0.3) is 33.8 Å². The monoisotopic (exact) mass is 261 g/mol.